The van der Waals surface area contributed by atoms with Gasteiger partial charge < -0.3 is 19.7 Å². The number of nitro benzene ring substituents is 1. The average Bonchev–Trinajstić information content (AvgIpc) is 3.09. The van der Waals surface area contributed by atoms with Crippen molar-refractivity contribution in [2.24, 2.45) is 0 Å². The van der Waals surface area contributed by atoms with Crippen LogP contribution in [-0.4, -0.2) is 38.6 Å². The van der Waals surface area contributed by atoms with Crippen LogP contribution in [0, 0.1) is 10.1 Å². The molecule has 0 radical (unpaired) electrons. The molecule has 0 fully saturated rings. The Morgan fingerprint density at radius 1 is 0.609 bits per heavy atom. The second kappa shape index (κ2) is 13.3. The largest absolute Gasteiger partial charge is 0.504 e. The molecule has 0 saturated heterocycles. The minimum Gasteiger partial charge on any atom is -0.504 e. The summed E-state index contributed by atoms with van der Waals surface area (Å²) in [6.45, 7) is -0.349. The molecule has 0 spiro atoms. The van der Waals surface area contributed by atoms with E-state index in [-0.39, 0.29) is 17.7 Å². The molecule has 5 aromatic carbocycles. The highest BCUT2D eigenvalue weighted by molar-refractivity contribution is 6.25. The van der Waals surface area contributed by atoms with Crippen molar-refractivity contribution in [2.45, 2.75) is 6.61 Å². The maximum absolute atomic E-state index is 14.3. The van der Waals surface area contributed by atoms with Gasteiger partial charge in [0.25, 0.3) is 5.69 Å². The van der Waals surface area contributed by atoms with Crippen LogP contribution in [0.4, 0.5) is 5.69 Å². The maximum Gasteiger partial charge on any atom is 0.343 e. The summed E-state index contributed by atoms with van der Waals surface area (Å²) in [7, 11) is 0. The van der Waals surface area contributed by atoms with Crippen molar-refractivity contribution in [1.29, 1.82) is 0 Å². The Balaban J connectivity index is 1.81. The van der Waals surface area contributed by atoms with Crippen LogP contribution in [0.5, 0.6) is 17.2 Å². The third-order valence-electron chi connectivity index (χ3n) is 6.86. The first kappa shape index (κ1) is 30.8. The number of carbonyl (C=O) groups excluding carboxylic acids is 4. The van der Waals surface area contributed by atoms with Gasteiger partial charge in [-0.2, -0.15) is 0 Å². The second-order valence-corrected chi connectivity index (χ2v) is 9.77. The van der Waals surface area contributed by atoms with Crippen LogP contribution in [0.2, 0.25) is 0 Å². The Bertz CT molecular complexity index is 1970. The fourth-order valence-electron chi connectivity index (χ4n) is 4.66. The van der Waals surface area contributed by atoms with Crippen LogP contribution in [0.1, 0.15) is 58.1 Å². The van der Waals surface area contributed by atoms with Crippen LogP contribution in [0.3, 0.4) is 0 Å². The lowest BCUT2D eigenvalue weighted by Crippen LogP contribution is -2.22. The first-order valence-corrected chi connectivity index (χ1v) is 13.7. The van der Waals surface area contributed by atoms with E-state index in [1.54, 1.807) is 42.5 Å². The Morgan fingerprint density at radius 3 is 1.76 bits per heavy atom. The van der Waals surface area contributed by atoms with E-state index in [1.165, 1.54) is 60.7 Å². The van der Waals surface area contributed by atoms with Crippen molar-refractivity contribution in [3.63, 3.8) is 0 Å². The van der Waals surface area contributed by atoms with Crippen LogP contribution in [0.25, 0.3) is 0 Å². The normalized spacial score (nSPS) is 10.5. The van der Waals surface area contributed by atoms with Gasteiger partial charge in [-0.1, -0.05) is 91.0 Å². The predicted molar refractivity (Wildman–Crippen MR) is 163 cm³/mol. The zero-order valence-electron chi connectivity index (χ0n) is 23.8. The molecule has 46 heavy (non-hydrogen) atoms. The molecule has 0 aliphatic rings. The number of rotatable bonds is 10. The SMILES string of the molecule is O=C(Oc1c(O)c(O)c(C(=O)c2ccccc2)c(C(=O)OCc2ccccc2)c1C(=O)c1ccccc1[N+](=O)[O-])c1ccccc1. The molecule has 228 valence electrons. The number of aromatic hydroxyl groups is 2. The van der Waals surface area contributed by atoms with Crippen molar-refractivity contribution in [1.82, 2.24) is 0 Å². The van der Waals surface area contributed by atoms with Gasteiger partial charge >= 0.3 is 11.9 Å². The number of ketones is 2. The molecule has 0 saturated carbocycles. The van der Waals surface area contributed by atoms with Crippen molar-refractivity contribution in [3.05, 3.63) is 164 Å². The number of phenolic OH excluding ortho intramolecular Hbond substituents is 2. The lowest BCUT2D eigenvalue weighted by Gasteiger charge is -2.20. The second-order valence-electron chi connectivity index (χ2n) is 9.77. The number of nitro groups is 1. The molecule has 0 unspecified atom stereocenters. The molecule has 0 atom stereocenters. The van der Waals surface area contributed by atoms with Gasteiger partial charge in [0, 0.05) is 11.6 Å². The molecular weight excluding hydrogens is 594 g/mol. The number of carbonyl (C=O) groups is 4. The Kier molecular flexibility index (Phi) is 8.95. The monoisotopic (exact) mass is 617 g/mol. The Labute approximate surface area is 261 Å². The Hall–Kier alpha value is -6.62. The number of hydrogen-bond acceptors (Lipinski definition) is 10. The first-order chi connectivity index (χ1) is 22.2. The fraction of sp³-hybridized carbons (Fsp3) is 0.0286. The number of hydrogen-bond donors (Lipinski definition) is 2. The van der Waals surface area contributed by atoms with E-state index < -0.39 is 73.6 Å². The van der Waals surface area contributed by atoms with Gasteiger partial charge in [-0.05, 0) is 23.8 Å². The standard InChI is InChI=1S/C35H23NO10/c37-29(22-14-6-2-7-15-22)27-26(35(42)45-20-21-12-4-1-5-13-21)28(30(38)24-18-10-11-19-25(24)36(43)44)33(32(40)31(27)39)46-34(41)23-16-8-3-9-17-23/h1-19,39-40H,20H2. The number of benzene rings is 5. The molecule has 11 nitrogen and oxygen atoms in total. The van der Waals surface area contributed by atoms with Crippen LogP contribution in [-0.2, 0) is 11.3 Å². The summed E-state index contributed by atoms with van der Waals surface area (Å²) in [5.41, 5.74) is -3.44. The predicted octanol–water partition coefficient (Wildman–Crippen LogP) is 6.04. The highest BCUT2D eigenvalue weighted by Gasteiger charge is 2.39. The molecule has 0 heterocycles. The van der Waals surface area contributed by atoms with Gasteiger partial charge in [-0.15, -0.1) is 0 Å². The summed E-state index contributed by atoms with van der Waals surface area (Å²) < 4.78 is 10.9. The topological polar surface area (TPSA) is 170 Å². The molecule has 0 aliphatic heterocycles. The van der Waals surface area contributed by atoms with Crippen molar-refractivity contribution in [2.75, 3.05) is 0 Å². The van der Waals surface area contributed by atoms with E-state index in [2.05, 4.69) is 0 Å². The van der Waals surface area contributed by atoms with E-state index in [0.717, 1.165) is 12.1 Å². The van der Waals surface area contributed by atoms with E-state index in [1.807, 2.05) is 0 Å². The molecule has 11 heteroatoms. The molecule has 2 N–H and O–H groups in total. The highest BCUT2D eigenvalue weighted by Crippen LogP contribution is 2.47. The molecule has 0 aromatic heterocycles. The third-order valence-corrected chi connectivity index (χ3v) is 6.86. The molecular formula is C35H23NO10. The van der Waals surface area contributed by atoms with E-state index in [0.29, 0.717) is 5.56 Å². The summed E-state index contributed by atoms with van der Waals surface area (Å²) in [6.07, 6.45) is 0. The van der Waals surface area contributed by atoms with Crippen LogP contribution in [0.15, 0.2) is 115 Å². The minimum atomic E-state index is -1.32. The fourth-order valence-corrected chi connectivity index (χ4v) is 4.66. The Morgan fingerprint density at radius 2 is 1.15 bits per heavy atom. The first-order valence-electron chi connectivity index (χ1n) is 13.7. The van der Waals surface area contributed by atoms with Gasteiger partial charge in [0.15, 0.2) is 17.3 Å². The minimum absolute atomic E-state index is 0.0388. The molecule has 5 rings (SSSR count). The van der Waals surface area contributed by atoms with Crippen molar-refractivity contribution >= 4 is 29.2 Å². The smallest absolute Gasteiger partial charge is 0.343 e. The number of ether oxygens (including phenoxy) is 2. The van der Waals surface area contributed by atoms with Crippen LogP contribution >= 0.6 is 0 Å². The summed E-state index contributed by atoms with van der Waals surface area (Å²) in [4.78, 5) is 66.3. The van der Waals surface area contributed by atoms with Gasteiger partial charge in [0.1, 0.15) is 12.2 Å². The van der Waals surface area contributed by atoms with Gasteiger partial charge in [-0.3, -0.25) is 19.7 Å². The van der Waals surface area contributed by atoms with Gasteiger partial charge in [0.05, 0.1) is 27.2 Å². The quantitative estimate of drug-likeness (QED) is 0.0470. The zero-order chi connectivity index (χ0) is 32.8. The van der Waals surface area contributed by atoms with E-state index in [4.69, 9.17) is 9.47 Å². The van der Waals surface area contributed by atoms with Crippen molar-refractivity contribution < 1.29 is 43.8 Å². The number of para-hydroxylation sites is 1. The summed E-state index contributed by atoms with van der Waals surface area (Å²) in [5, 5.41) is 34.4. The zero-order valence-corrected chi connectivity index (χ0v) is 23.8. The van der Waals surface area contributed by atoms with Crippen molar-refractivity contribution in [3.8, 4) is 17.2 Å². The van der Waals surface area contributed by atoms with Gasteiger partial charge in [0.2, 0.25) is 11.5 Å². The van der Waals surface area contributed by atoms with Crippen LogP contribution < -0.4 is 4.74 Å². The van der Waals surface area contributed by atoms with Gasteiger partial charge in [-0.25, -0.2) is 9.59 Å². The highest BCUT2D eigenvalue weighted by atomic mass is 16.6. The average molecular weight is 618 g/mol. The lowest BCUT2D eigenvalue weighted by molar-refractivity contribution is -0.385. The van der Waals surface area contributed by atoms with E-state index >= 15 is 0 Å². The summed E-state index contributed by atoms with van der Waals surface area (Å²) in [5.74, 6) is -8.13. The molecule has 0 bridgehead atoms. The lowest BCUT2D eigenvalue weighted by atomic mass is 9.88. The number of phenols is 2. The third kappa shape index (κ3) is 6.19. The molecule has 0 aliphatic carbocycles. The number of esters is 2. The van der Waals surface area contributed by atoms with E-state index in [9.17, 15) is 39.5 Å². The summed E-state index contributed by atoms with van der Waals surface area (Å²) in [6, 6.07) is 27.9. The molecule has 5 aromatic rings. The molecule has 0 amide bonds. The maximum atomic E-state index is 14.3. The number of nitrogens with zero attached hydrogens (tertiary/aromatic N) is 1. The summed E-state index contributed by atoms with van der Waals surface area (Å²) >= 11 is 0.